The summed E-state index contributed by atoms with van der Waals surface area (Å²) in [6.45, 7) is 2.42. The van der Waals surface area contributed by atoms with Crippen molar-refractivity contribution in [1.29, 1.82) is 0 Å². The van der Waals surface area contributed by atoms with Gasteiger partial charge in [-0.15, -0.1) is 0 Å². The minimum Gasteiger partial charge on any atom is -0.390 e. The monoisotopic (exact) mass is 533 g/mol. The van der Waals surface area contributed by atoms with Gasteiger partial charge in [-0.3, -0.25) is 0 Å². The zero-order valence-electron chi connectivity index (χ0n) is 23.0. The van der Waals surface area contributed by atoms with Crippen molar-refractivity contribution in [3.63, 3.8) is 0 Å². The zero-order chi connectivity index (χ0) is 26.8. The van der Waals surface area contributed by atoms with Crippen LogP contribution in [0.5, 0.6) is 0 Å². The van der Waals surface area contributed by atoms with E-state index in [1.165, 1.54) is 24.8 Å². The van der Waals surface area contributed by atoms with Gasteiger partial charge in [0.1, 0.15) is 5.82 Å². The van der Waals surface area contributed by atoms with Crippen LogP contribution in [0, 0.1) is 29.5 Å². The van der Waals surface area contributed by atoms with E-state index in [1.807, 2.05) is 30.3 Å². The minimum absolute atomic E-state index is 0.0481. The van der Waals surface area contributed by atoms with Crippen molar-refractivity contribution in [2.75, 3.05) is 19.6 Å². The van der Waals surface area contributed by atoms with Crippen LogP contribution in [0.15, 0.2) is 54.6 Å². The van der Waals surface area contributed by atoms with Crippen LogP contribution in [0.2, 0.25) is 0 Å². The molecule has 4 bridgehead atoms. The molecule has 5 nitrogen and oxygen atoms in total. The third kappa shape index (κ3) is 6.66. The van der Waals surface area contributed by atoms with Crippen LogP contribution < -0.4 is 10.6 Å². The Morgan fingerprint density at radius 2 is 1.54 bits per heavy atom. The molecule has 5 aliphatic rings. The van der Waals surface area contributed by atoms with E-state index in [1.54, 1.807) is 12.1 Å². The maximum Gasteiger partial charge on any atom is 0.315 e. The predicted octanol–water partition coefficient (Wildman–Crippen LogP) is 5.32. The first kappa shape index (κ1) is 26.8. The number of carbonyl (C=O) groups excluding carboxylic acids is 1. The molecule has 2 amide bonds. The first-order valence-electron chi connectivity index (χ1n) is 15.2. The molecule has 0 spiro atoms. The molecule has 5 fully saturated rings. The number of carbonyl (C=O) groups is 1. The summed E-state index contributed by atoms with van der Waals surface area (Å²) in [5.74, 6) is 2.70. The Morgan fingerprint density at radius 1 is 0.923 bits per heavy atom. The molecular weight excluding hydrogens is 489 g/mol. The average Bonchev–Trinajstić information content (AvgIpc) is 2.90. The van der Waals surface area contributed by atoms with E-state index >= 15 is 0 Å². The molecule has 4 aliphatic carbocycles. The molecule has 210 valence electrons. The first-order valence-corrected chi connectivity index (χ1v) is 15.2. The number of urea groups is 1. The molecular formula is C33H44FN3O2. The van der Waals surface area contributed by atoms with E-state index in [9.17, 15) is 14.3 Å². The number of benzene rings is 2. The van der Waals surface area contributed by atoms with Gasteiger partial charge in [0, 0.05) is 12.1 Å². The fraction of sp³-hybridized carbons (Fsp3) is 0.606. The topological polar surface area (TPSA) is 64.6 Å². The van der Waals surface area contributed by atoms with Crippen molar-refractivity contribution < 1.29 is 14.3 Å². The number of likely N-dealkylation sites (tertiary alicyclic amines) is 1. The highest BCUT2D eigenvalue weighted by Gasteiger charge is 2.51. The molecule has 0 aromatic heterocycles. The van der Waals surface area contributed by atoms with E-state index in [2.05, 4.69) is 27.7 Å². The maximum atomic E-state index is 13.4. The van der Waals surface area contributed by atoms with Crippen LogP contribution in [0.4, 0.5) is 9.18 Å². The van der Waals surface area contributed by atoms with Gasteiger partial charge >= 0.3 is 6.03 Å². The summed E-state index contributed by atoms with van der Waals surface area (Å²) in [6.07, 6.45) is 10.4. The van der Waals surface area contributed by atoms with Crippen LogP contribution in [-0.4, -0.2) is 53.4 Å². The third-order valence-corrected chi connectivity index (χ3v) is 10.1. The van der Waals surface area contributed by atoms with Crippen LogP contribution in [-0.2, 0) is 12.8 Å². The van der Waals surface area contributed by atoms with Crippen molar-refractivity contribution in [2.24, 2.45) is 23.7 Å². The standard InChI is InChI=1S/C33H44FN3O2/c34-29-8-6-24(7-9-29)14-25-10-12-37(13-11-25)22-31(38)30(18-23-4-2-1-3-5-23)35-32(39)36-33-19-26-15-27(20-33)17-28(16-26)21-33/h1-9,25-28,30-31,38H,10-22H2,(H2,35,36,39). The number of piperidine rings is 1. The molecule has 4 saturated carbocycles. The average molecular weight is 534 g/mol. The Bertz CT molecular complexity index is 1060. The van der Waals surface area contributed by atoms with Crippen LogP contribution >= 0.6 is 0 Å². The first-order chi connectivity index (χ1) is 18.9. The second kappa shape index (κ2) is 11.6. The molecule has 3 N–H and O–H groups in total. The highest BCUT2D eigenvalue weighted by Crippen LogP contribution is 2.55. The van der Waals surface area contributed by atoms with Crippen LogP contribution in [0.25, 0.3) is 0 Å². The summed E-state index contributed by atoms with van der Waals surface area (Å²) in [5, 5.41) is 18.1. The molecule has 7 rings (SSSR count). The van der Waals surface area contributed by atoms with Gasteiger partial charge in [-0.25, -0.2) is 9.18 Å². The summed E-state index contributed by atoms with van der Waals surface area (Å²) in [6, 6.07) is 16.6. The normalized spacial score (nSPS) is 30.2. The highest BCUT2D eigenvalue weighted by molar-refractivity contribution is 5.75. The molecule has 2 aromatic carbocycles. The number of β-amino-alcohol motifs (C(OH)–C–C–N with tert-alkyl or cyclic N) is 1. The molecule has 2 aromatic rings. The molecule has 1 aliphatic heterocycles. The van der Waals surface area contributed by atoms with Gasteiger partial charge in [-0.05, 0) is 124 Å². The lowest BCUT2D eigenvalue weighted by Crippen LogP contribution is -2.63. The zero-order valence-corrected chi connectivity index (χ0v) is 23.0. The smallest absolute Gasteiger partial charge is 0.315 e. The van der Waals surface area contributed by atoms with Crippen molar-refractivity contribution in [1.82, 2.24) is 15.5 Å². The van der Waals surface area contributed by atoms with Crippen molar-refractivity contribution >= 4 is 6.03 Å². The molecule has 6 heteroatoms. The Labute approximate surface area is 232 Å². The van der Waals surface area contributed by atoms with Gasteiger partial charge in [0.15, 0.2) is 0 Å². The van der Waals surface area contributed by atoms with Gasteiger partial charge in [-0.1, -0.05) is 42.5 Å². The minimum atomic E-state index is -0.652. The molecule has 0 radical (unpaired) electrons. The van der Waals surface area contributed by atoms with E-state index in [4.69, 9.17) is 0 Å². The number of aliphatic hydroxyl groups excluding tert-OH is 1. The van der Waals surface area contributed by atoms with Gasteiger partial charge in [0.25, 0.3) is 0 Å². The third-order valence-electron chi connectivity index (χ3n) is 10.1. The van der Waals surface area contributed by atoms with Gasteiger partial charge < -0.3 is 20.6 Å². The van der Waals surface area contributed by atoms with Gasteiger partial charge in [0.05, 0.1) is 12.1 Å². The fourth-order valence-corrected chi connectivity index (χ4v) is 8.58. The Balaban J connectivity index is 1.05. The SMILES string of the molecule is O=C(NC(Cc1ccccc1)C(O)CN1CCC(Cc2ccc(F)cc2)CC1)NC12CC3CC(CC(C3)C1)C2. The lowest BCUT2D eigenvalue weighted by atomic mass is 9.53. The largest absolute Gasteiger partial charge is 0.390 e. The number of hydrogen-bond acceptors (Lipinski definition) is 3. The van der Waals surface area contributed by atoms with Crippen molar-refractivity contribution in [3.8, 4) is 0 Å². The summed E-state index contributed by atoms with van der Waals surface area (Å²) < 4.78 is 13.2. The highest BCUT2D eigenvalue weighted by atomic mass is 19.1. The quantitative estimate of drug-likeness (QED) is 0.409. The predicted molar refractivity (Wildman–Crippen MR) is 152 cm³/mol. The number of amides is 2. The summed E-state index contributed by atoms with van der Waals surface area (Å²) in [4.78, 5) is 15.7. The number of nitrogens with zero attached hydrogens (tertiary/aromatic N) is 1. The molecule has 2 unspecified atom stereocenters. The second-order valence-corrected chi connectivity index (χ2v) is 13.2. The summed E-state index contributed by atoms with van der Waals surface area (Å²) in [7, 11) is 0. The Kier molecular flexibility index (Phi) is 7.95. The van der Waals surface area contributed by atoms with E-state index in [-0.39, 0.29) is 23.4 Å². The lowest BCUT2D eigenvalue weighted by molar-refractivity contribution is -0.0142. The summed E-state index contributed by atoms with van der Waals surface area (Å²) >= 11 is 0. The fourth-order valence-electron chi connectivity index (χ4n) is 8.58. The van der Waals surface area contributed by atoms with Crippen molar-refractivity contribution in [3.05, 3.63) is 71.5 Å². The van der Waals surface area contributed by atoms with Gasteiger partial charge in [-0.2, -0.15) is 0 Å². The number of nitrogens with one attached hydrogen (secondary N) is 2. The van der Waals surface area contributed by atoms with Gasteiger partial charge in [0.2, 0.25) is 0 Å². The van der Waals surface area contributed by atoms with Crippen LogP contribution in [0.1, 0.15) is 62.5 Å². The summed E-state index contributed by atoms with van der Waals surface area (Å²) in [5.41, 5.74) is 2.26. The molecule has 1 heterocycles. The van der Waals surface area contributed by atoms with Crippen LogP contribution in [0.3, 0.4) is 0 Å². The van der Waals surface area contributed by atoms with E-state index in [0.717, 1.165) is 74.9 Å². The Morgan fingerprint density at radius 3 is 2.15 bits per heavy atom. The molecule has 2 atom stereocenters. The molecule has 39 heavy (non-hydrogen) atoms. The number of halogens is 1. The Hall–Kier alpha value is -2.44. The maximum absolute atomic E-state index is 13.4. The van der Waals surface area contributed by atoms with E-state index < -0.39 is 6.10 Å². The molecule has 1 saturated heterocycles. The van der Waals surface area contributed by atoms with Crippen molar-refractivity contribution in [2.45, 2.75) is 81.9 Å². The lowest BCUT2D eigenvalue weighted by Gasteiger charge is -2.56. The number of aliphatic hydroxyl groups is 1. The second-order valence-electron chi connectivity index (χ2n) is 13.2. The number of hydrogen-bond donors (Lipinski definition) is 3. The number of rotatable bonds is 9. The van der Waals surface area contributed by atoms with E-state index in [0.29, 0.717) is 18.9 Å².